The third kappa shape index (κ3) is 3.67. The fourth-order valence-electron chi connectivity index (χ4n) is 2.91. The number of piperazine rings is 1. The summed E-state index contributed by atoms with van der Waals surface area (Å²) in [7, 11) is 0. The average molecular weight is 329 g/mol. The highest BCUT2D eigenvalue weighted by Gasteiger charge is 2.22. The van der Waals surface area contributed by atoms with Gasteiger partial charge in [0.15, 0.2) is 0 Å². The van der Waals surface area contributed by atoms with Crippen LogP contribution in [0.4, 0.5) is 5.69 Å². The number of rotatable bonds is 3. The second kappa shape index (κ2) is 7.05. The molecular formula is C19H21ClN2O. The summed E-state index contributed by atoms with van der Waals surface area (Å²) in [6.45, 7) is 5.26. The number of hydrogen-bond acceptors (Lipinski definition) is 2. The van der Waals surface area contributed by atoms with E-state index in [1.165, 1.54) is 5.56 Å². The minimum Gasteiger partial charge on any atom is -0.368 e. The smallest absolute Gasteiger partial charge is 0.253 e. The highest BCUT2D eigenvalue weighted by molar-refractivity contribution is 6.30. The standard InChI is InChI=1S/C19H21ClN2O/c1-2-15-6-8-16(9-7-15)19(23)22-12-10-21(11-13-22)18-5-3-4-17(20)14-18/h3-9,14H,2,10-13H2,1H3. The van der Waals surface area contributed by atoms with Crippen molar-refractivity contribution in [3.63, 3.8) is 0 Å². The summed E-state index contributed by atoms with van der Waals surface area (Å²) in [6, 6.07) is 15.8. The molecule has 1 fully saturated rings. The summed E-state index contributed by atoms with van der Waals surface area (Å²) in [6.07, 6.45) is 0.993. The molecule has 2 aromatic rings. The summed E-state index contributed by atoms with van der Waals surface area (Å²) >= 11 is 6.06. The van der Waals surface area contributed by atoms with Gasteiger partial charge in [-0.05, 0) is 42.3 Å². The van der Waals surface area contributed by atoms with Crippen LogP contribution in [0.1, 0.15) is 22.8 Å². The zero-order valence-electron chi connectivity index (χ0n) is 13.3. The maximum absolute atomic E-state index is 12.6. The van der Waals surface area contributed by atoms with Crippen molar-refractivity contribution in [2.24, 2.45) is 0 Å². The van der Waals surface area contributed by atoms with E-state index in [4.69, 9.17) is 11.6 Å². The molecule has 0 N–H and O–H groups in total. The Balaban J connectivity index is 1.62. The zero-order chi connectivity index (χ0) is 16.2. The average Bonchev–Trinajstić information content (AvgIpc) is 2.61. The molecule has 1 saturated heterocycles. The van der Waals surface area contributed by atoms with Gasteiger partial charge in [-0.3, -0.25) is 4.79 Å². The second-order valence-electron chi connectivity index (χ2n) is 5.81. The Bertz CT molecular complexity index is 676. The van der Waals surface area contributed by atoms with Crippen molar-refractivity contribution < 1.29 is 4.79 Å². The quantitative estimate of drug-likeness (QED) is 0.854. The van der Waals surface area contributed by atoms with E-state index in [0.717, 1.165) is 48.9 Å². The van der Waals surface area contributed by atoms with Crippen LogP contribution in [0.5, 0.6) is 0 Å². The highest BCUT2D eigenvalue weighted by atomic mass is 35.5. The summed E-state index contributed by atoms with van der Waals surface area (Å²) in [5, 5.41) is 0.747. The first-order chi connectivity index (χ1) is 11.2. The lowest BCUT2D eigenvalue weighted by Gasteiger charge is -2.36. The molecule has 1 aliphatic heterocycles. The van der Waals surface area contributed by atoms with E-state index in [0.29, 0.717) is 0 Å². The number of halogens is 1. The summed E-state index contributed by atoms with van der Waals surface area (Å²) in [5.41, 5.74) is 3.16. The van der Waals surface area contributed by atoms with Crippen LogP contribution >= 0.6 is 11.6 Å². The first-order valence-electron chi connectivity index (χ1n) is 8.06. The van der Waals surface area contributed by atoms with E-state index in [1.54, 1.807) is 0 Å². The van der Waals surface area contributed by atoms with Crippen LogP contribution in [0.2, 0.25) is 5.02 Å². The van der Waals surface area contributed by atoms with Crippen LogP contribution in [0.3, 0.4) is 0 Å². The number of carbonyl (C=O) groups is 1. The fraction of sp³-hybridized carbons (Fsp3) is 0.316. The first-order valence-corrected chi connectivity index (χ1v) is 8.44. The molecule has 0 spiro atoms. The number of carbonyl (C=O) groups excluding carboxylic acids is 1. The van der Waals surface area contributed by atoms with E-state index in [9.17, 15) is 4.79 Å². The van der Waals surface area contributed by atoms with Gasteiger partial charge in [-0.25, -0.2) is 0 Å². The molecule has 1 heterocycles. The van der Waals surface area contributed by atoms with Gasteiger partial charge in [0.1, 0.15) is 0 Å². The van der Waals surface area contributed by atoms with E-state index in [2.05, 4.69) is 17.9 Å². The molecule has 1 aliphatic rings. The molecule has 0 unspecified atom stereocenters. The van der Waals surface area contributed by atoms with Gasteiger partial charge in [0.25, 0.3) is 5.91 Å². The lowest BCUT2D eigenvalue weighted by molar-refractivity contribution is 0.0747. The largest absolute Gasteiger partial charge is 0.368 e. The number of amides is 1. The van der Waals surface area contributed by atoms with Crippen LogP contribution in [0.25, 0.3) is 0 Å². The molecule has 0 atom stereocenters. The summed E-state index contributed by atoms with van der Waals surface area (Å²) in [5.74, 6) is 0.124. The molecule has 0 radical (unpaired) electrons. The van der Waals surface area contributed by atoms with Gasteiger partial charge >= 0.3 is 0 Å². The lowest BCUT2D eigenvalue weighted by atomic mass is 10.1. The third-order valence-corrected chi connectivity index (χ3v) is 4.58. The Morgan fingerprint density at radius 1 is 1.04 bits per heavy atom. The summed E-state index contributed by atoms with van der Waals surface area (Å²) in [4.78, 5) is 16.8. The van der Waals surface area contributed by atoms with Crippen molar-refractivity contribution in [2.75, 3.05) is 31.1 Å². The maximum Gasteiger partial charge on any atom is 0.253 e. The number of benzene rings is 2. The Labute approximate surface area is 142 Å². The van der Waals surface area contributed by atoms with Gasteiger partial charge < -0.3 is 9.80 Å². The monoisotopic (exact) mass is 328 g/mol. The minimum atomic E-state index is 0.124. The van der Waals surface area contributed by atoms with Crippen molar-refractivity contribution in [1.29, 1.82) is 0 Å². The third-order valence-electron chi connectivity index (χ3n) is 4.35. The number of anilines is 1. The molecule has 0 aromatic heterocycles. The van der Waals surface area contributed by atoms with Gasteiger partial charge in [-0.15, -0.1) is 0 Å². The van der Waals surface area contributed by atoms with E-state index in [-0.39, 0.29) is 5.91 Å². The Morgan fingerprint density at radius 3 is 2.35 bits per heavy atom. The van der Waals surface area contributed by atoms with Crippen molar-refractivity contribution >= 4 is 23.2 Å². The van der Waals surface area contributed by atoms with Crippen LogP contribution in [-0.2, 0) is 6.42 Å². The normalized spacial score (nSPS) is 14.9. The van der Waals surface area contributed by atoms with Crippen LogP contribution in [0, 0.1) is 0 Å². The van der Waals surface area contributed by atoms with Crippen molar-refractivity contribution in [3.05, 3.63) is 64.7 Å². The van der Waals surface area contributed by atoms with E-state index < -0.39 is 0 Å². The maximum atomic E-state index is 12.6. The molecule has 3 nitrogen and oxygen atoms in total. The van der Waals surface area contributed by atoms with Gasteiger partial charge in [0.2, 0.25) is 0 Å². The molecule has 3 rings (SSSR count). The van der Waals surface area contributed by atoms with Gasteiger partial charge in [-0.2, -0.15) is 0 Å². The number of hydrogen-bond donors (Lipinski definition) is 0. The summed E-state index contributed by atoms with van der Waals surface area (Å²) < 4.78 is 0. The van der Waals surface area contributed by atoms with Crippen molar-refractivity contribution in [3.8, 4) is 0 Å². The van der Waals surface area contributed by atoms with Gasteiger partial charge in [0.05, 0.1) is 0 Å². The highest BCUT2D eigenvalue weighted by Crippen LogP contribution is 2.21. The van der Waals surface area contributed by atoms with E-state index in [1.807, 2.05) is 47.4 Å². The van der Waals surface area contributed by atoms with E-state index >= 15 is 0 Å². The molecule has 0 saturated carbocycles. The molecule has 0 aliphatic carbocycles. The first kappa shape index (κ1) is 15.9. The predicted molar refractivity (Wildman–Crippen MR) is 95.4 cm³/mol. The molecule has 23 heavy (non-hydrogen) atoms. The fourth-order valence-corrected chi connectivity index (χ4v) is 3.09. The van der Waals surface area contributed by atoms with Crippen LogP contribution in [-0.4, -0.2) is 37.0 Å². The topological polar surface area (TPSA) is 23.6 Å². The molecule has 4 heteroatoms. The van der Waals surface area contributed by atoms with Gasteiger partial charge in [-0.1, -0.05) is 36.7 Å². The molecule has 120 valence electrons. The number of aryl methyl sites for hydroxylation is 1. The second-order valence-corrected chi connectivity index (χ2v) is 6.25. The number of nitrogens with zero attached hydrogens (tertiary/aromatic N) is 2. The van der Waals surface area contributed by atoms with Crippen LogP contribution < -0.4 is 4.90 Å². The SMILES string of the molecule is CCc1ccc(C(=O)N2CCN(c3cccc(Cl)c3)CC2)cc1. The minimum absolute atomic E-state index is 0.124. The zero-order valence-corrected chi connectivity index (χ0v) is 14.1. The van der Waals surface area contributed by atoms with Crippen molar-refractivity contribution in [1.82, 2.24) is 4.90 Å². The molecule has 2 aromatic carbocycles. The predicted octanol–water partition coefficient (Wildman–Crippen LogP) is 3.86. The molecule has 0 bridgehead atoms. The lowest BCUT2D eigenvalue weighted by Crippen LogP contribution is -2.48. The molecular weight excluding hydrogens is 308 g/mol. The van der Waals surface area contributed by atoms with Crippen LogP contribution in [0.15, 0.2) is 48.5 Å². The Kier molecular flexibility index (Phi) is 4.87. The van der Waals surface area contributed by atoms with Gasteiger partial charge in [0, 0.05) is 42.5 Å². The van der Waals surface area contributed by atoms with Crippen molar-refractivity contribution in [2.45, 2.75) is 13.3 Å². The molecule has 1 amide bonds. The Morgan fingerprint density at radius 2 is 1.74 bits per heavy atom. The Hall–Kier alpha value is -2.00.